The number of sulfone groups is 1. The van der Waals surface area contributed by atoms with Gasteiger partial charge in [-0.25, -0.2) is 8.42 Å². The Morgan fingerprint density at radius 3 is 2.68 bits per heavy atom. The second-order valence-electron chi connectivity index (χ2n) is 7.43. The Morgan fingerprint density at radius 1 is 1.11 bits per heavy atom. The number of fused-ring (bicyclic) bond motifs is 1. The fourth-order valence-corrected chi connectivity index (χ4v) is 6.01. The first-order chi connectivity index (χ1) is 13.4. The number of anilines is 1. The number of halogens is 1. The maximum Gasteiger partial charge on any atom is 0.231 e. The smallest absolute Gasteiger partial charge is 0.231 e. The summed E-state index contributed by atoms with van der Waals surface area (Å²) in [6.45, 7) is 0.278. The molecule has 7 heteroatoms. The van der Waals surface area contributed by atoms with Crippen LogP contribution in [0.4, 0.5) is 5.69 Å². The molecule has 2 aromatic rings. The Kier molecular flexibility index (Phi) is 5.34. The molecule has 1 N–H and O–H groups in total. The Labute approximate surface area is 170 Å². The zero-order valence-electron chi connectivity index (χ0n) is 15.4. The lowest BCUT2D eigenvalue weighted by atomic mass is 9.96. The fraction of sp³-hybridized carbons (Fsp3) is 0.381. The SMILES string of the molecule is O=C(Nc1cccc(S(=O)(=O)C2CCCC2)c1)C1COc2ccc(Cl)cc2C1. The van der Waals surface area contributed by atoms with Gasteiger partial charge in [0.15, 0.2) is 9.84 Å². The van der Waals surface area contributed by atoms with Crippen LogP contribution >= 0.6 is 11.6 Å². The Bertz CT molecular complexity index is 999. The van der Waals surface area contributed by atoms with Gasteiger partial charge in [-0.05, 0) is 61.2 Å². The first-order valence-corrected chi connectivity index (χ1v) is 11.4. The molecule has 1 heterocycles. The first kappa shape index (κ1) is 19.3. The summed E-state index contributed by atoms with van der Waals surface area (Å²) in [7, 11) is -3.36. The summed E-state index contributed by atoms with van der Waals surface area (Å²) in [6, 6.07) is 11.9. The maximum absolute atomic E-state index is 12.8. The highest BCUT2D eigenvalue weighted by Gasteiger charge is 2.31. The average molecular weight is 420 g/mol. The molecule has 1 fully saturated rings. The van der Waals surface area contributed by atoms with Gasteiger partial charge in [0, 0.05) is 10.7 Å². The largest absolute Gasteiger partial charge is 0.492 e. The number of ether oxygens (including phenoxy) is 1. The maximum atomic E-state index is 12.8. The van der Waals surface area contributed by atoms with E-state index in [1.54, 1.807) is 30.3 Å². The molecule has 0 aromatic heterocycles. The summed E-state index contributed by atoms with van der Waals surface area (Å²) in [6.07, 6.45) is 3.85. The van der Waals surface area contributed by atoms with Crippen LogP contribution in [0.15, 0.2) is 47.4 Å². The quantitative estimate of drug-likeness (QED) is 0.804. The number of carbonyl (C=O) groups excluding carboxylic acids is 1. The molecule has 1 aliphatic heterocycles. The van der Waals surface area contributed by atoms with Crippen LogP contribution in [0.25, 0.3) is 0 Å². The number of rotatable bonds is 4. The molecule has 1 aliphatic carbocycles. The van der Waals surface area contributed by atoms with Crippen molar-refractivity contribution < 1.29 is 17.9 Å². The third kappa shape index (κ3) is 3.89. The molecule has 5 nitrogen and oxygen atoms in total. The molecular weight excluding hydrogens is 398 g/mol. The summed E-state index contributed by atoms with van der Waals surface area (Å²) in [5, 5.41) is 3.14. The van der Waals surface area contributed by atoms with Crippen molar-refractivity contribution in [3.05, 3.63) is 53.1 Å². The van der Waals surface area contributed by atoms with E-state index in [9.17, 15) is 13.2 Å². The fourth-order valence-electron chi connectivity index (χ4n) is 3.92. The minimum atomic E-state index is -3.36. The van der Waals surface area contributed by atoms with E-state index in [4.69, 9.17) is 16.3 Å². The van der Waals surface area contributed by atoms with Crippen LogP contribution in [-0.2, 0) is 21.1 Å². The van der Waals surface area contributed by atoms with Crippen LogP contribution in [0, 0.1) is 5.92 Å². The van der Waals surface area contributed by atoms with E-state index >= 15 is 0 Å². The number of hydrogen-bond donors (Lipinski definition) is 1. The summed E-state index contributed by atoms with van der Waals surface area (Å²) in [4.78, 5) is 13.0. The molecule has 28 heavy (non-hydrogen) atoms. The average Bonchev–Trinajstić information content (AvgIpc) is 3.23. The van der Waals surface area contributed by atoms with E-state index in [1.165, 1.54) is 0 Å². The molecule has 148 valence electrons. The summed E-state index contributed by atoms with van der Waals surface area (Å²) >= 11 is 6.03. The minimum absolute atomic E-state index is 0.193. The van der Waals surface area contributed by atoms with Gasteiger partial charge in [0.05, 0.1) is 16.1 Å². The summed E-state index contributed by atoms with van der Waals surface area (Å²) < 4.78 is 31.3. The monoisotopic (exact) mass is 419 g/mol. The molecule has 1 atom stereocenters. The second-order valence-corrected chi connectivity index (χ2v) is 10.1. The lowest BCUT2D eigenvalue weighted by molar-refractivity contribution is -0.121. The molecule has 4 rings (SSSR count). The summed E-state index contributed by atoms with van der Waals surface area (Å²) in [5.74, 6) is 0.195. The third-order valence-electron chi connectivity index (χ3n) is 5.47. The lowest BCUT2D eigenvalue weighted by Gasteiger charge is -2.24. The predicted molar refractivity (Wildman–Crippen MR) is 109 cm³/mol. The lowest BCUT2D eigenvalue weighted by Crippen LogP contribution is -2.32. The van der Waals surface area contributed by atoms with Gasteiger partial charge in [-0.3, -0.25) is 4.79 Å². The van der Waals surface area contributed by atoms with Gasteiger partial charge >= 0.3 is 0 Å². The number of carbonyl (C=O) groups is 1. The Morgan fingerprint density at radius 2 is 1.89 bits per heavy atom. The Hall–Kier alpha value is -2.05. The molecular formula is C21H22ClNO4S. The van der Waals surface area contributed by atoms with Gasteiger partial charge in [0.25, 0.3) is 0 Å². The van der Waals surface area contributed by atoms with Crippen molar-refractivity contribution in [3.8, 4) is 5.75 Å². The van der Waals surface area contributed by atoms with Gasteiger partial charge < -0.3 is 10.1 Å². The van der Waals surface area contributed by atoms with Gasteiger partial charge in [-0.1, -0.05) is 30.5 Å². The zero-order chi connectivity index (χ0) is 19.7. The molecule has 1 saturated carbocycles. The van der Waals surface area contributed by atoms with Crippen LogP contribution < -0.4 is 10.1 Å². The van der Waals surface area contributed by atoms with Crippen molar-refractivity contribution in [1.29, 1.82) is 0 Å². The van der Waals surface area contributed by atoms with E-state index in [2.05, 4.69) is 5.32 Å². The van der Waals surface area contributed by atoms with Crippen molar-refractivity contribution in [3.63, 3.8) is 0 Å². The van der Waals surface area contributed by atoms with E-state index in [0.717, 1.165) is 24.2 Å². The predicted octanol–water partition coefficient (Wildman–Crippen LogP) is 4.25. The first-order valence-electron chi connectivity index (χ1n) is 9.49. The van der Waals surface area contributed by atoms with Crippen molar-refractivity contribution in [2.75, 3.05) is 11.9 Å². The minimum Gasteiger partial charge on any atom is -0.492 e. The third-order valence-corrected chi connectivity index (χ3v) is 7.97. The molecule has 1 unspecified atom stereocenters. The summed E-state index contributed by atoms with van der Waals surface area (Å²) in [5.41, 5.74) is 1.39. The number of nitrogens with one attached hydrogen (secondary N) is 1. The highest BCUT2D eigenvalue weighted by Crippen LogP contribution is 2.32. The normalized spacial score (nSPS) is 19.7. The molecule has 0 radical (unpaired) electrons. The molecule has 0 saturated heterocycles. The van der Waals surface area contributed by atoms with Crippen molar-refractivity contribution >= 4 is 33.0 Å². The van der Waals surface area contributed by atoms with Crippen molar-refractivity contribution in [1.82, 2.24) is 0 Å². The molecule has 0 bridgehead atoms. The number of hydrogen-bond acceptors (Lipinski definition) is 4. The zero-order valence-corrected chi connectivity index (χ0v) is 16.9. The van der Waals surface area contributed by atoms with E-state index in [0.29, 0.717) is 30.0 Å². The highest BCUT2D eigenvalue weighted by atomic mass is 35.5. The Balaban J connectivity index is 1.48. The number of benzene rings is 2. The second kappa shape index (κ2) is 7.76. The molecule has 2 aliphatic rings. The van der Waals surface area contributed by atoms with Crippen LogP contribution in [-0.4, -0.2) is 26.2 Å². The van der Waals surface area contributed by atoms with Gasteiger partial charge in [0.2, 0.25) is 5.91 Å². The topological polar surface area (TPSA) is 72.5 Å². The molecule has 1 amide bonds. The van der Waals surface area contributed by atoms with Crippen LogP contribution in [0.2, 0.25) is 5.02 Å². The highest BCUT2D eigenvalue weighted by molar-refractivity contribution is 7.92. The standard InChI is InChI=1S/C21H22ClNO4S/c22-16-8-9-20-14(11-16)10-15(13-27-20)21(24)23-17-4-3-7-19(12-17)28(25,26)18-5-1-2-6-18/h3-4,7-9,11-12,15,18H,1-2,5-6,10,13H2,(H,23,24). The molecule has 0 spiro atoms. The van der Waals surface area contributed by atoms with E-state index < -0.39 is 9.84 Å². The van der Waals surface area contributed by atoms with Crippen LogP contribution in [0.1, 0.15) is 31.2 Å². The number of amides is 1. The van der Waals surface area contributed by atoms with Crippen molar-refractivity contribution in [2.24, 2.45) is 5.92 Å². The van der Waals surface area contributed by atoms with E-state index in [1.807, 2.05) is 12.1 Å². The molecule has 2 aromatic carbocycles. The van der Waals surface area contributed by atoms with Crippen molar-refractivity contribution in [2.45, 2.75) is 42.2 Å². The van der Waals surface area contributed by atoms with Gasteiger partial charge in [-0.15, -0.1) is 0 Å². The van der Waals surface area contributed by atoms with Gasteiger partial charge in [-0.2, -0.15) is 0 Å². The van der Waals surface area contributed by atoms with Gasteiger partial charge in [0.1, 0.15) is 12.4 Å². The van der Waals surface area contributed by atoms with Crippen LogP contribution in [0.5, 0.6) is 5.75 Å². The van der Waals surface area contributed by atoms with E-state index in [-0.39, 0.29) is 28.6 Å². The van der Waals surface area contributed by atoms with Crippen LogP contribution in [0.3, 0.4) is 0 Å².